The maximum atomic E-state index is 12.2. The molecular formula is C19H23N5O3. The van der Waals surface area contributed by atoms with Gasteiger partial charge in [0, 0.05) is 37.9 Å². The van der Waals surface area contributed by atoms with E-state index >= 15 is 0 Å². The fourth-order valence-electron chi connectivity index (χ4n) is 2.93. The molecule has 2 heterocycles. The van der Waals surface area contributed by atoms with Crippen LogP contribution in [0.5, 0.6) is 0 Å². The van der Waals surface area contributed by atoms with Crippen LogP contribution in [0, 0.1) is 6.92 Å². The highest BCUT2D eigenvalue weighted by Crippen LogP contribution is 2.22. The molecule has 1 N–H and O–H groups in total. The van der Waals surface area contributed by atoms with Crippen molar-refractivity contribution in [1.29, 1.82) is 0 Å². The normalized spacial score (nSPS) is 14.0. The summed E-state index contributed by atoms with van der Waals surface area (Å²) in [6.45, 7) is 6.75. The van der Waals surface area contributed by atoms with Gasteiger partial charge in [0.1, 0.15) is 5.82 Å². The lowest BCUT2D eigenvalue weighted by Gasteiger charge is -2.33. The van der Waals surface area contributed by atoms with Crippen LogP contribution in [0.1, 0.15) is 23.0 Å². The Bertz CT molecular complexity index is 819. The average Bonchev–Trinajstić information content (AvgIpc) is 2.68. The summed E-state index contributed by atoms with van der Waals surface area (Å²) in [5, 5.41) is 3.14. The molecule has 1 aromatic heterocycles. The number of ether oxygens (including phenoxy) is 1. The van der Waals surface area contributed by atoms with E-state index in [0.29, 0.717) is 50.0 Å². The Hall–Kier alpha value is -3.16. The van der Waals surface area contributed by atoms with Crippen LogP contribution in [-0.4, -0.2) is 60.0 Å². The molecule has 8 nitrogen and oxygen atoms in total. The van der Waals surface area contributed by atoms with Gasteiger partial charge in [-0.2, -0.15) is 4.98 Å². The molecule has 3 rings (SSSR count). The lowest BCUT2D eigenvalue weighted by molar-refractivity contribution is -0.118. The van der Waals surface area contributed by atoms with Gasteiger partial charge in [-0.3, -0.25) is 4.79 Å². The van der Waals surface area contributed by atoms with Gasteiger partial charge in [0.25, 0.3) is 0 Å². The first kappa shape index (κ1) is 18.6. The third kappa shape index (κ3) is 4.52. The number of anilines is 3. The first-order valence-electron chi connectivity index (χ1n) is 8.94. The fraction of sp³-hybridized carbons (Fsp3) is 0.368. The quantitative estimate of drug-likeness (QED) is 0.615. The second-order valence-electron chi connectivity index (χ2n) is 6.21. The number of piperazine rings is 1. The van der Waals surface area contributed by atoms with E-state index in [2.05, 4.69) is 20.2 Å². The number of amides is 1. The van der Waals surface area contributed by atoms with Gasteiger partial charge in [-0.25, -0.2) is 9.78 Å². The van der Waals surface area contributed by atoms with Crippen LogP contribution < -0.4 is 10.2 Å². The molecule has 0 bridgehead atoms. The minimum absolute atomic E-state index is 0.311. The maximum absolute atomic E-state index is 12.2. The first-order chi connectivity index (χ1) is 13.1. The molecule has 0 aliphatic carbocycles. The summed E-state index contributed by atoms with van der Waals surface area (Å²) < 4.78 is 5.11. The van der Waals surface area contributed by atoms with E-state index in [9.17, 15) is 9.59 Å². The smallest absolute Gasteiger partial charge is 0.340 e. The van der Waals surface area contributed by atoms with Crippen molar-refractivity contribution in [2.45, 2.75) is 13.8 Å². The predicted molar refractivity (Wildman–Crippen MR) is 102 cm³/mol. The minimum atomic E-state index is -0.390. The predicted octanol–water partition coefficient (Wildman–Crippen LogP) is 1.98. The molecule has 0 spiro atoms. The van der Waals surface area contributed by atoms with Gasteiger partial charge in [0.15, 0.2) is 0 Å². The van der Waals surface area contributed by atoms with Crippen molar-refractivity contribution in [2.75, 3.05) is 43.0 Å². The topological polar surface area (TPSA) is 87.7 Å². The molecule has 2 aromatic rings. The molecular weight excluding hydrogens is 346 g/mol. The van der Waals surface area contributed by atoms with E-state index in [1.807, 2.05) is 19.1 Å². The zero-order valence-corrected chi connectivity index (χ0v) is 15.5. The SMILES string of the molecule is CCOC(=O)c1ccccc1Nc1nc(C)cc(N2CCN(C=O)CC2)n1. The maximum Gasteiger partial charge on any atom is 0.340 e. The number of carbonyl (C=O) groups is 2. The molecule has 142 valence electrons. The van der Waals surface area contributed by atoms with Crippen LogP contribution >= 0.6 is 0 Å². The second-order valence-corrected chi connectivity index (χ2v) is 6.21. The molecule has 1 amide bonds. The molecule has 1 aromatic carbocycles. The Kier molecular flexibility index (Phi) is 5.85. The Morgan fingerprint density at radius 2 is 1.96 bits per heavy atom. The van der Waals surface area contributed by atoms with Crippen LogP contribution in [0.2, 0.25) is 0 Å². The van der Waals surface area contributed by atoms with Crippen LogP contribution in [0.15, 0.2) is 30.3 Å². The molecule has 0 saturated carbocycles. The first-order valence-corrected chi connectivity index (χ1v) is 8.94. The Morgan fingerprint density at radius 1 is 1.22 bits per heavy atom. The number of carbonyl (C=O) groups excluding carboxylic acids is 2. The number of hydrogen-bond acceptors (Lipinski definition) is 7. The van der Waals surface area contributed by atoms with Crippen molar-refractivity contribution < 1.29 is 14.3 Å². The Labute approximate surface area is 158 Å². The summed E-state index contributed by atoms with van der Waals surface area (Å²) in [7, 11) is 0. The van der Waals surface area contributed by atoms with Crippen LogP contribution in [0.3, 0.4) is 0 Å². The highest BCUT2D eigenvalue weighted by molar-refractivity contribution is 5.96. The van der Waals surface area contributed by atoms with Crippen molar-refractivity contribution in [2.24, 2.45) is 0 Å². The van der Waals surface area contributed by atoms with E-state index in [-0.39, 0.29) is 0 Å². The number of aryl methyl sites for hydroxylation is 1. The molecule has 1 aliphatic rings. The third-order valence-electron chi connectivity index (χ3n) is 4.30. The Morgan fingerprint density at radius 3 is 2.67 bits per heavy atom. The van der Waals surface area contributed by atoms with E-state index in [1.165, 1.54) is 0 Å². The molecule has 27 heavy (non-hydrogen) atoms. The standard InChI is InChI=1S/C19H23N5O3/c1-3-27-18(26)15-6-4-5-7-16(15)21-19-20-14(2)12-17(22-19)24-10-8-23(13-25)9-11-24/h4-7,12-13H,3,8-11H2,1-2H3,(H,20,21,22). The Balaban J connectivity index is 1.82. The van der Waals surface area contributed by atoms with E-state index < -0.39 is 5.97 Å². The summed E-state index contributed by atoms with van der Waals surface area (Å²) in [6.07, 6.45) is 0.877. The number of hydrogen-bond donors (Lipinski definition) is 1. The zero-order chi connectivity index (χ0) is 19.2. The minimum Gasteiger partial charge on any atom is -0.462 e. The van der Waals surface area contributed by atoms with Gasteiger partial charge >= 0.3 is 5.97 Å². The number of nitrogens with zero attached hydrogens (tertiary/aromatic N) is 4. The molecule has 0 atom stereocenters. The number of aromatic nitrogens is 2. The van der Waals surface area contributed by atoms with Gasteiger partial charge in [-0.1, -0.05) is 12.1 Å². The lowest BCUT2D eigenvalue weighted by atomic mass is 10.2. The summed E-state index contributed by atoms with van der Waals surface area (Å²) in [6, 6.07) is 9.03. The molecule has 0 radical (unpaired) electrons. The summed E-state index contributed by atoms with van der Waals surface area (Å²) in [4.78, 5) is 35.9. The van der Waals surface area contributed by atoms with Gasteiger partial charge in [0.2, 0.25) is 12.4 Å². The van der Waals surface area contributed by atoms with Crippen molar-refractivity contribution in [3.63, 3.8) is 0 Å². The average molecular weight is 369 g/mol. The van der Waals surface area contributed by atoms with E-state index in [0.717, 1.165) is 17.9 Å². The van der Waals surface area contributed by atoms with Crippen LogP contribution in [0.4, 0.5) is 17.5 Å². The van der Waals surface area contributed by atoms with E-state index in [1.54, 1.807) is 30.0 Å². The van der Waals surface area contributed by atoms with Crippen molar-refractivity contribution >= 4 is 29.8 Å². The molecule has 1 fully saturated rings. The van der Waals surface area contributed by atoms with Crippen molar-refractivity contribution in [1.82, 2.24) is 14.9 Å². The lowest BCUT2D eigenvalue weighted by Crippen LogP contribution is -2.46. The zero-order valence-electron chi connectivity index (χ0n) is 15.5. The van der Waals surface area contributed by atoms with Crippen LogP contribution in [0.25, 0.3) is 0 Å². The number of rotatable bonds is 6. The fourth-order valence-corrected chi connectivity index (χ4v) is 2.93. The summed E-state index contributed by atoms with van der Waals surface area (Å²) >= 11 is 0. The van der Waals surface area contributed by atoms with Gasteiger partial charge < -0.3 is 19.9 Å². The van der Waals surface area contributed by atoms with Crippen molar-refractivity contribution in [3.8, 4) is 0 Å². The largest absolute Gasteiger partial charge is 0.462 e. The van der Waals surface area contributed by atoms with Gasteiger partial charge in [-0.05, 0) is 26.0 Å². The number of esters is 1. The second kappa shape index (κ2) is 8.48. The van der Waals surface area contributed by atoms with Gasteiger partial charge in [-0.15, -0.1) is 0 Å². The van der Waals surface area contributed by atoms with Gasteiger partial charge in [0.05, 0.1) is 17.9 Å². The summed E-state index contributed by atoms with van der Waals surface area (Å²) in [5.41, 5.74) is 1.85. The summed E-state index contributed by atoms with van der Waals surface area (Å²) in [5.74, 6) is 0.821. The highest BCUT2D eigenvalue weighted by atomic mass is 16.5. The number of benzene rings is 1. The number of para-hydroxylation sites is 1. The third-order valence-corrected chi connectivity index (χ3v) is 4.30. The van der Waals surface area contributed by atoms with E-state index in [4.69, 9.17) is 4.74 Å². The number of nitrogens with one attached hydrogen (secondary N) is 1. The molecule has 1 saturated heterocycles. The molecule has 0 unspecified atom stereocenters. The van der Waals surface area contributed by atoms with Crippen LogP contribution in [-0.2, 0) is 9.53 Å². The molecule has 8 heteroatoms. The molecule has 1 aliphatic heterocycles. The highest BCUT2D eigenvalue weighted by Gasteiger charge is 2.18. The monoisotopic (exact) mass is 369 g/mol. The van der Waals surface area contributed by atoms with Crippen molar-refractivity contribution in [3.05, 3.63) is 41.6 Å².